The molecule has 0 bridgehead atoms. The molecule has 0 radical (unpaired) electrons. The van der Waals surface area contributed by atoms with Crippen molar-refractivity contribution >= 4 is 21.9 Å². The molecule has 1 unspecified atom stereocenters. The summed E-state index contributed by atoms with van der Waals surface area (Å²) in [5.41, 5.74) is 4.56. The van der Waals surface area contributed by atoms with Gasteiger partial charge in [-0.2, -0.15) is 0 Å². The smallest absolute Gasteiger partial charge is 0.333 e. The molecule has 0 fully saturated rings. The molecule has 0 aliphatic carbocycles. The first-order chi connectivity index (χ1) is 6.48. The lowest BCUT2D eigenvalue weighted by atomic mass is 10.0. The van der Waals surface area contributed by atoms with Crippen molar-refractivity contribution in [3.63, 3.8) is 0 Å². The first-order valence-corrected chi connectivity index (χ1v) is 4.99. The third-order valence-electron chi connectivity index (χ3n) is 1.78. The third-order valence-corrected chi connectivity index (χ3v) is 2.21. The Morgan fingerprint density at radius 2 is 2.36 bits per heavy atom. The lowest BCUT2D eigenvalue weighted by Crippen LogP contribution is -2.42. The largest absolute Gasteiger partial charge is 0.464 e. The van der Waals surface area contributed by atoms with Gasteiger partial charge >= 0.3 is 5.97 Å². The van der Waals surface area contributed by atoms with Gasteiger partial charge in [-0.05, 0) is 41.9 Å². The fourth-order valence-corrected chi connectivity index (χ4v) is 1.28. The van der Waals surface area contributed by atoms with Crippen LogP contribution in [0.3, 0.4) is 0 Å². The number of halogens is 1. The summed E-state index contributed by atoms with van der Waals surface area (Å²) in [6.45, 7) is 3.58. The van der Waals surface area contributed by atoms with E-state index < -0.39 is 11.5 Å². The molecule has 1 aromatic rings. The molecule has 4 nitrogen and oxygen atoms in total. The monoisotopic (exact) mass is 261 g/mol. The van der Waals surface area contributed by atoms with E-state index in [0.29, 0.717) is 17.0 Å². The Balaban J connectivity index is 2.89. The number of hydrogen-bond acceptors (Lipinski definition) is 4. The third kappa shape index (κ3) is 2.16. The second-order valence-corrected chi connectivity index (χ2v) is 3.81. The highest BCUT2D eigenvalue weighted by molar-refractivity contribution is 9.10. The Hall–Kier alpha value is -0.810. The number of carbonyl (C=O) groups is 1. The zero-order valence-corrected chi connectivity index (χ0v) is 9.63. The predicted molar refractivity (Wildman–Crippen MR) is 54.6 cm³/mol. The van der Waals surface area contributed by atoms with Crippen molar-refractivity contribution < 1.29 is 13.9 Å². The average molecular weight is 262 g/mol. The molecule has 1 rings (SSSR count). The van der Waals surface area contributed by atoms with Crippen LogP contribution in [0.25, 0.3) is 0 Å². The van der Waals surface area contributed by atoms with Crippen molar-refractivity contribution in [1.82, 2.24) is 0 Å². The molecule has 0 spiro atoms. The standard InChI is InChI=1S/C9H12BrNO3/c1-3-13-8(12)9(2,11)6-4-5-7(10)14-6/h4-5H,3,11H2,1-2H3. The van der Waals surface area contributed by atoms with Crippen LogP contribution in [-0.4, -0.2) is 12.6 Å². The van der Waals surface area contributed by atoms with Gasteiger partial charge in [0.15, 0.2) is 10.2 Å². The zero-order chi connectivity index (χ0) is 10.8. The molecule has 78 valence electrons. The van der Waals surface area contributed by atoms with Crippen LogP contribution in [0.5, 0.6) is 0 Å². The van der Waals surface area contributed by atoms with Gasteiger partial charge in [0.1, 0.15) is 5.76 Å². The van der Waals surface area contributed by atoms with Crippen LogP contribution in [-0.2, 0) is 15.1 Å². The van der Waals surface area contributed by atoms with Crippen LogP contribution in [0.15, 0.2) is 21.2 Å². The van der Waals surface area contributed by atoms with Crippen molar-refractivity contribution in [1.29, 1.82) is 0 Å². The van der Waals surface area contributed by atoms with Crippen LogP contribution >= 0.6 is 15.9 Å². The summed E-state index contributed by atoms with van der Waals surface area (Å²) in [6, 6.07) is 3.32. The van der Waals surface area contributed by atoms with Crippen LogP contribution in [0, 0.1) is 0 Å². The molecule has 1 atom stereocenters. The highest BCUT2D eigenvalue weighted by atomic mass is 79.9. The fraction of sp³-hybridized carbons (Fsp3) is 0.444. The van der Waals surface area contributed by atoms with Crippen molar-refractivity contribution in [2.75, 3.05) is 6.61 Å². The van der Waals surface area contributed by atoms with Gasteiger partial charge in [0.25, 0.3) is 0 Å². The van der Waals surface area contributed by atoms with E-state index in [1.807, 2.05) is 0 Å². The van der Waals surface area contributed by atoms with Crippen molar-refractivity contribution in [3.05, 3.63) is 22.6 Å². The number of carbonyl (C=O) groups excluding carboxylic acids is 1. The molecule has 0 aliphatic heterocycles. The number of furan rings is 1. The predicted octanol–water partition coefficient (Wildman–Crippen LogP) is 1.78. The Kier molecular flexibility index (Phi) is 3.34. The molecule has 0 saturated carbocycles. The summed E-state index contributed by atoms with van der Waals surface area (Å²) in [5.74, 6) is -0.121. The van der Waals surface area contributed by atoms with E-state index in [1.165, 1.54) is 0 Å². The Morgan fingerprint density at radius 3 is 2.79 bits per heavy atom. The SMILES string of the molecule is CCOC(=O)C(C)(N)c1ccc(Br)o1. The molecule has 5 heteroatoms. The van der Waals surface area contributed by atoms with Gasteiger partial charge in [-0.25, -0.2) is 4.79 Å². The number of hydrogen-bond donors (Lipinski definition) is 1. The lowest BCUT2D eigenvalue weighted by Gasteiger charge is -2.19. The van der Waals surface area contributed by atoms with Gasteiger partial charge in [0, 0.05) is 0 Å². The molecule has 2 N–H and O–H groups in total. The summed E-state index contributed by atoms with van der Waals surface area (Å²) in [4.78, 5) is 11.5. The second-order valence-electron chi connectivity index (χ2n) is 3.03. The van der Waals surface area contributed by atoms with Gasteiger partial charge < -0.3 is 14.9 Å². The number of rotatable bonds is 3. The van der Waals surface area contributed by atoms with Crippen LogP contribution in [0.4, 0.5) is 0 Å². The molecule has 0 amide bonds. The van der Waals surface area contributed by atoms with Crippen LogP contribution in [0.1, 0.15) is 19.6 Å². The van der Waals surface area contributed by atoms with Gasteiger partial charge in [0.05, 0.1) is 6.61 Å². The highest BCUT2D eigenvalue weighted by Crippen LogP contribution is 2.24. The number of esters is 1. The minimum absolute atomic E-state index is 0.299. The minimum atomic E-state index is -1.23. The molecule has 1 heterocycles. The maximum Gasteiger partial charge on any atom is 0.333 e. The van der Waals surface area contributed by atoms with E-state index in [1.54, 1.807) is 26.0 Å². The van der Waals surface area contributed by atoms with E-state index in [9.17, 15) is 4.79 Å². The molecular formula is C9H12BrNO3. The van der Waals surface area contributed by atoms with E-state index in [0.717, 1.165) is 0 Å². The zero-order valence-electron chi connectivity index (χ0n) is 8.04. The van der Waals surface area contributed by atoms with Crippen molar-refractivity contribution in [3.8, 4) is 0 Å². The van der Waals surface area contributed by atoms with Gasteiger partial charge in [-0.15, -0.1) is 0 Å². The van der Waals surface area contributed by atoms with Crippen molar-refractivity contribution in [2.45, 2.75) is 19.4 Å². The van der Waals surface area contributed by atoms with Gasteiger partial charge in [-0.3, -0.25) is 0 Å². The molecule has 0 aliphatic rings. The Bertz CT molecular complexity index is 333. The normalized spacial score (nSPS) is 14.9. The second kappa shape index (κ2) is 4.14. The number of ether oxygens (including phenoxy) is 1. The van der Waals surface area contributed by atoms with Crippen LogP contribution in [0.2, 0.25) is 0 Å². The first-order valence-electron chi connectivity index (χ1n) is 4.20. The van der Waals surface area contributed by atoms with E-state index in [2.05, 4.69) is 15.9 Å². The van der Waals surface area contributed by atoms with E-state index >= 15 is 0 Å². The lowest BCUT2D eigenvalue weighted by molar-refractivity contribution is -0.150. The quantitative estimate of drug-likeness (QED) is 0.843. The topological polar surface area (TPSA) is 65.5 Å². The summed E-state index contributed by atoms with van der Waals surface area (Å²) in [7, 11) is 0. The number of nitrogens with two attached hydrogens (primary N) is 1. The summed E-state index contributed by atoms with van der Waals surface area (Å²) in [6.07, 6.45) is 0. The highest BCUT2D eigenvalue weighted by Gasteiger charge is 2.35. The van der Waals surface area contributed by atoms with Crippen LogP contribution < -0.4 is 5.73 Å². The summed E-state index contributed by atoms with van der Waals surface area (Å²) >= 11 is 3.14. The van der Waals surface area contributed by atoms with Crippen molar-refractivity contribution in [2.24, 2.45) is 5.73 Å². The molecule has 14 heavy (non-hydrogen) atoms. The van der Waals surface area contributed by atoms with E-state index in [-0.39, 0.29) is 0 Å². The molecule has 0 aromatic carbocycles. The maximum atomic E-state index is 11.5. The summed E-state index contributed by atoms with van der Waals surface area (Å²) in [5, 5.41) is 0. The Morgan fingerprint density at radius 1 is 1.71 bits per heavy atom. The van der Waals surface area contributed by atoms with Gasteiger partial charge in [-0.1, -0.05) is 0 Å². The molecule has 1 aromatic heterocycles. The summed E-state index contributed by atoms with van der Waals surface area (Å²) < 4.78 is 10.6. The minimum Gasteiger partial charge on any atom is -0.464 e. The van der Waals surface area contributed by atoms with E-state index in [4.69, 9.17) is 14.9 Å². The van der Waals surface area contributed by atoms with Gasteiger partial charge in [0.2, 0.25) is 0 Å². The maximum absolute atomic E-state index is 11.5. The average Bonchev–Trinajstić information content (AvgIpc) is 2.52. The first kappa shape index (κ1) is 11.3. The molecular weight excluding hydrogens is 250 g/mol. The fourth-order valence-electron chi connectivity index (χ4n) is 0.975. The molecule has 0 saturated heterocycles. The Labute approximate surface area is 90.5 Å².